The molecule has 0 amide bonds. The van der Waals surface area contributed by atoms with Crippen LogP contribution in [0.25, 0.3) is 0 Å². The summed E-state index contributed by atoms with van der Waals surface area (Å²) < 4.78 is 0. The van der Waals surface area contributed by atoms with E-state index < -0.39 is 0 Å². The van der Waals surface area contributed by atoms with Gasteiger partial charge in [0.2, 0.25) is 0 Å². The van der Waals surface area contributed by atoms with Crippen LogP contribution >= 0.6 is 11.8 Å². The zero-order valence-corrected chi connectivity index (χ0v) is 10.1. The van der Waals surface area contributed by atoms with Crippen molar-refractivity contribution in [2.45, 2.75) is 18.2 Å². The molecule has 1 aromatic rings. The van der Waals surface area contributed by atoms with Gasteiger partial charge >= 0.3 is 0 Å². The normalized spacial score (nSPS) is 10.3. The molecule has 0 saturated carbocycles. The Hall–Kier alpha value is -1.07. The lowest BCUT2D eigenvalue weighted by atomic mass is 10.3. The molecule has 5 heteroatoms. The number of nitrogens with one attached hydrogen (secondary N) is 1. The molecular formula is C11H16N2O2S. The van der Waals surface area contributed by atoms with E-state index in [2.05, 4.69) is 12.2 Å². The molecule has 0 unspecified atom stereocenters. The van der Waals surface area contributed by atoms with Gasteiger partial charge in [-0.1, -0.05) is 6.92 Å². The second-order valence-corrected chi connectivity index (χ2v) is 4.52. The first-order valence-electron chi connectivity index (χ1n) is 5.32. The minimum absolute atomic E-state index is 0.147. The minimum Gasteiger partial charge on any atom is -0.316 e. The highest BCUT2D eigenvalue weighted by Gasteiger charge is 2.03. The molecule has 0 fully saturated rings. The third-order valence-electron chi connectivity index (χ3n) is 2.02. The second-order valence-electron chi connectivity index (χ2n) is 3.35. The van der Waals surface area contributed by atoms with Crippen LogP contribution in [0.2, 0.25) is 0 Å². The minimum atomic E-state index is -0.378. The van der Waals surface area contributed by atoms with Gasteiger partial charge in [0.05, 0.1) is 4.92 Å². The number of thioether (sulfide) groups is 1. The van der Waals surface area contributed by atoms with Crippen LogP contribution in [0, 0.1) is 10.1 Å². The van der Waals surface area contributed by atoms with Crippen molar-refractivity contribution in [3.63, 3.8) is 0 Å². The van der Waals surface area contributed by atoms with Crippen molar-refractivity contribution in [3.05, 3.63) is 34.4 Å². The molecule has 0 radical (unpaired) electrons. The van der Waals surface area contributed by atoms with E-state index in [-0.39, 0.29) is 10.6 Å². The topological polar surface area (TPSA) is 55.2 Å². The first-order valence-corrected chi connectivity index (χ1v) is 6.30. The molecule has 16 heavy (non-hydrogen) atoms. The fourth-order valence-electron chi connectivity index (χ4n) is 1.21. The summed E-state index contributed by atoms with van der Waals surface area (Å²) >= 11 is 1.71. The van der Waals surface area contributed by atoms with Gasteiger partial charge in [0.15, 0.2) is 0 Å². The number of non-ortho nitro benzene ring substituents is 1. The van der Waals surface area contributed by atoms with E-state index in [4.69, 9.17) is 0 Å². The summed E-state index contributed by atoms with van der Waals surface area (Å²) in [4.78, 5) is 11.1. The van der Waals surface area contributed by atoms with Crippen LogP contribution in [0.3, 0.4) is 0 Å². The van der Waals surface area contributed by atoms with Gasteiger partial charge in [0.1, 0.15) is 0 Å². The Bertz CT molecular complexity index is 327. The van der Waals surface area contributed by atoms with Gasteiger partial charge in [0.25, 0.3) is 5.69 Å². The Balaban J connectivity index is 2.29. The van der Waals surface area contributed by atoms with Crippen molar-refractivity contribution in [1.82, 2.24) is 5.32 Å². The molecule has 88 valence electrons. The molecule has 1 rings (SSSR count). The third-order valence-corrected chi connectivity index (χ3v) is 3.04. The van der Waals surface area contributed by atoms with E-state index in [9.17, 15) is 10.1 Å². The largest absolute Gasteiger partial charge is 0.316 e. The monoisotopic (exact) mass is 240 g/mol. The number of nitrogens with zero attached hydrogens (tertiary/aromatic N) is 1. The van der Waals surface area contributed by atoms with Crippen molar-refractivity contribution in [2.75, 3.05) is 18.8 Å². The van der Waals surface area contributed by atoms with E-state index in [1.54, 1.807) is 36.0 Å². The molecule has 0 aromatic heterocycles. The predicted octanol–water partition coefficient (Wildman–Crippen LogP) is 2.69. The molecular weight excluding hydrogens is 224 g/mol. The zero-order valence-electron chi connectivity index (χ0n) is 9.31. The number of benzene rings is 1. The summed E-state index contributed by atoms with van der Waals surface area (Å²) in [6.45, 7) is 4.15. The highest BCUT2D eigenvalue weighted by Crippen LogP contribution is 2.20. The van der Waals surface area contributed by atoms with Crippen LogP contribution in [0.4, 0.5) is 5.69 Å². The van der Waals surface area contributed by atoms with Gasteiger partial charge in [-0.25, -0.2) is 0 Å². The average molecular weight is 240 g/mol. The standard InChI is InChI=1S/C11H16N2O2S/c1-2-7-12-8-9-16-11-5-3-10(4-6-11)13(14)15/h3-6,12H,2,7-9H2,1H3. The van der Waals surface area contributed by atoms with Gasteiger partial charge in [-0.15, -0.1) is 11.8 Å². The van der Waals surface area contributed by atoms with Crippen LogP contribution in [0.15, 0.2) is 29.2 Å². The first-order chi connectivity index (χ1) is 7.74. The van der Waals surface area contributed by atoms with E-state index >= 15 is 0 Å². The fraction of sp³-hybridized carbons (Fsp3) is 0.455. The molecule has 0 bridgehead atoms. The van der Waals surface area contributed by atoms with Gasteiger partial charge in [-0.3, -0.25) is 10.1 Å². The predicted molar refractivity (Wildman–Crippen MR) is 67.0 cm³/mol. The van der Waals surface area contributed by atoms with Crippen LogP contribution in [0.1, 0.15) is 13.3 Å². The lowest BCUT2D eigenvalue weighted by Gasteiger charge is -2.02. The molecule has 0 aliphatic heterocycles. The number of hydrogen-bond acceptors (Lipinski definition) is 4. The highest BCUT2D eigenvalue weighted by atomic mass is 32.2. The van der Waals surface area contributed by atoms with Crippen LogP contribution in [0.5, 0.6) is 0 Å². The summed E-state index contributed by atoms with van der Waals surface area (Å²) in [7, 11) is 0. The van der Waals surface area contributed by atoms with Gasteiger partial charge < -0.3 is 5.32 Å². The second kappa shape index (κ2) is 7.24. The van der Waals surface area contributed by atoms with Crippen LogP contribution in [-0.4, -0.2) is 23.8 Å². The quantitative estimate of drug-likeness (QED) is 0.344. The molecule has 0 saturated heterocycles. The maximum atomic E-state index is 10.4. The number of nitro benzene ring substituents is 1. The summed E-state index contributed by atoms with van der Waals surface area (Å²) in [5.74, 6) is 0.984. The van der Waals surface area contributed by atoms with E-state index in [0.717, 1.165) is 30.2 Å². The first kappa shape index (κ1) is 13.0. The van der Waals surface area contributed by atoms with Gasteiger partial charge in [-0.05, 0) is 25.1 Å². The Morgan fingerprint density at radius 2 is 2.00 bits per heavy atom. The maximum absolute atomic E-state index is 10.4. The van der Waals surface area contributed by atoms with Crippen molar-refractivity contribution >= 4 is 17.4 Å². The Kier molecular flexibility index (Phi) is 5.88. The molecule has 0 atom stereocenters. The fourth-order valence-corrected chi connectivity index (χ4v) is 2.02. The SMILES string of the molecule is CCCNCCSc1ccc([N+](=O)[O-])cc1. The zero-order chi connectivity index (χ0) is 11.8. The summed E-state index contributed by atoms with van der Waals surface area (Å²) in [6.07, 6.45) is 1.14. The molecule has 0 spiro atoms. The smallest absolute Gasteiger partial charge is 0.269 e. The van der Waals surface area contributed by atoms with Crippen molar-refractivity contribution in [3.8, 4) is 0 Å². The molecule has 0 aliphatic carbocycles. The summed E-state index contributed by atoms with van der Waals surface area (Å²) in [6, 6.07) is 6.68. The maximum Gasteiger partial charge on any atom is 0.269 e. The summed E-state index contributed by atoms with van der Waals surface area (Å²) in [5.41, 5.74) is 0.147. The van der Waals surface area contributed by atoms with Crippen molar-refractivity contribution < 1.29 is 4.92 Å². The lowest BCUT2D eigenvalue weighted by molar-refractivity contribution is -0.384. The highest BCUT2D eigenvalue weighted by molar-refractivity contribution is 7.99. The van der Waals surface area contributed by atoms with E-state index in [1.165, 1.54) is 0 Å². The van der Waals surface area contributed by atoms with Gasteiger partial charge in [0, 0.05) is 29.3 Å². The Morgan fingerprint density at radius 1 is 1.31 bits per heavy atom. The van der Waals surface area contributed by atoms with E-state index in [1.807, 2.05) is 0 Å². The Morgan fingerprint density at radius 3 is 2.56 bits per heavy atom. The number of rotatable bonds is 7. The molecule has 1 N–H and O–H groups in total. The third kappa shape index (κ3) is 4.63. The van der Waals surface area contributed by atoms with Gasteiger partial charge in [-0.2, -0.15) is 0 Å². The molecule has 4 nitrogen and oxygen atoms in total. The molecule has 0 heterocycles. The Labute approximate surface area is 99.6 Å². The average Bonchev–Trinajstić information content (AvgIpc) is 2.29. The molecule has 1 aromatic carbocycles. The number of nitro groups is 1. The van der Waals surface area contributed by atoms with Crippen LogP contribution < -0.4 is 5.32 Å². The summed E-state index contributed by atoms with van der Waals surface area (Å²) in [5, 5.41) is 13.7. The van der Waals surface area contributed by atoms with Crippen molar-refractivity contribution in [2.24, 2.45) is 0 Å². The van der Waals surface area contributed by atoms with Crippen molar-refractivity contribution in [1.29, 1.82) is 0 Å². The number of hydrogen-bond donors (Lipinski definition) is 1. The lowest BCUT2D eigenvalue weighted by Crippen LogP contribution is -2.17. The van der Waals surface area contributed by atoms with Crippen LogP contribution in [-0.2, 0) is 0 Å². The van der Waals surface area contributed by atoms with E-state index in [0.29, 0.717) is 0 Å². The molecule has 0 aliphatic rings.